The van der Waals surface area contributed by atoms with Crippen molar-refractivity contribution in [3.63, 3.8) is 0 Å². The number of likely N-dealkylation sites (tertiary alicyclic amines) is 1. The van der Waals surface area contributed by atoms with Crippen LogP contribution in [0.2, 0.25) is 0 Å². The van der Waals surface area contributed by atoms with Crippen LogP contribution in [-0.2, 0) is 9.59 Å². The number of benzene rings is 2. The molecule has 2 unspecified atom stereocenters. The predicted molar refractivity (Wildman–Crippen MR) is 131 cm³/mol. The molecule has 2 amide bonds. The molecule has 5 rings (SSSR count). The monoisotopic (exact) mass is 461 g/mol. The molecule has 3 fully saturated rings. The molecular formula is C28H35N3O3. The number of β-amino-alcohol motifs (C(OH)–C–C–N with tert-alkyl or cyclic N) is 1. The van der Waals surface area contributed by atoms with Crippen LogP contribution in [0.1, 0.15) is 42.7 Å². The fraction of sp³-hybridized carbons (Fsp3) is 0.500. The lowest BCUT2D eigenvalue weighted by Gasteiger charge is -2.45. The summed E-state index contributed by atoms with van der Waals surface area (Å²) in [5.41, 5.74) is 1.98. The molecule has 0 spiro atoms. The maximum Gasteiger partial charge on any atom is 0.234 e. The second-order valence-electron chi connectivity index (χ2n) is 10.1. The van der Waals surface area contributed by atoms with Crippen molar-refractivity contribution < 1.29 is 14.7 Å². The molecule has 6 nitrogen and oxygen atoms in total. The first kappa shape index (κ1) is 23.1. The lowest BCUT2D eigenvalue weighted by molar-refractivity contribution is -0.145. The Morgan fingerprint density at radius 1 is 0.853 bits per heavy atom. The molecule has 0 bridgehead atoms. The van der Waals surface area contributed by atoms with Gasteiger partial charge >= 0.3 is 0 Å². The van der Waals surface area contributed by atoms with Crippen molar-refractivity contribution in [3.05, 3.63) is 71.8 Å². The van der Waals surface area contributed by atoms with Gasteiger partial charge in [0.1, 0.15) is 0 Å². The minimum atomic E-state index is -0.373. The van der Waals surface area contributed by atoms with Crippen LogP contribution < -0.4 is 0 Å². The zero-order chi connectivity index (χ0) is 23.5. The van der Waals surface area contributed by atoms with Crippen LogP contribution >= 0.6 is 0 Å². The summed E-state index contributed by atoms with van der Waals surface area (Å²) in [6.45, 7) is 3.96. The van der Waals surface area contributed by atoms with E-state index >= 15 is 0 Å². The van der Waals surface area contributed by atoms with E-state index in [4.69, 9.17) is 0 Å². The number of piperidine rings is 1. The number of amides is 2. The third kappa shape index (κ3) is 5.18. The first-order valence-electron chi connectivity index (χ1n) is 12.7. The summed E-state index contributed by atoms with van der Waals surface area (Å²) in [5.74, 6) is 0.153. The van der Waals surface area contributed by atoms with Gasteiger partial charge in [-0.3, -0.25) is 14.5 Å². The van der Waals surface area contributed by atoms with Crippen molar-refractivity contribution >= 4 is 11.8 Å². The van der Waals surface area contributed by atoms with E-state index in [-0.39, 0.29) is 35.8 Å². The van der Waals surface area contributed by atoms with Gasteiger partial charge in [0.25, 0.3) is 0 Å². The van der Waals surface area contributed by atoms with Gasteiger partial charge in [0.2, 0.25) is 11.8 Å². The minimum Gasteiger partial charge on any atom is -0.392 e. The van der Waals surface area contributed by atoms with Crippen molar-refractivity contribution in [2.24, 2.45) is 5.92 Å². The van der Waals surface area contributed by atoms with E-state index < -0.39 is 0 Å². The van der Waals surface area contributed by atoms with Crippen molar-refractivity contribution in [2.45, 2.75) is 43.7 Å². The van der Waals surface area contributed by atoms with Gasteiger partial charge in [-0.2, -0.15) is 0 Å². The van der Waals surface area contributed by atoms with Gasteiger partial charge in [-0.25, -0.2) is 0 Å². The van der Waals surface area contributed by atoms with E-state index in [1.165, 1.54) is 0 Å². The van der Waals surface area contributed by atoms with E-state index in [9.17, 15) is 14.7 Å². The highest BCUT2D eigenvalue weighted by Gasteiger charge is 2.41. The van der Waals surface area contributed by atoms with Crippen LogP contribution in [0.5, 0.6) is 0 Å². The molecule has 3 aliphatic rings. The largest absolute Gasteiger partial charge is 0.392 e. The van der Waals surface area contributed by atoms with Gasteiger partial charge in [-0.05, 0) is 43.4 Å². The standard InChI is InChI=1S/C28H35N3O3/c32-25-12-7-15-29(20-25)18-24-19-30(27(33)23-13-14-23)16-17-31(24)28(34)26(21-8-3-1-4-9-21)22-10-5-2-6-11-22/h1-6,8-11,23-26,32H,7,12-20H2. The van der Waals surface area contributed by atoms with Crippen molar-refractivity contribution in [2.75, 3.05) is 39.3 Å². The van der Waals surface area contributed by atoms with Crippen LogP contribution in [0.15, 0.2) is 60.7 Å². The normalized spacial score (nSPS) is 23.8. The number of aliphatic hydroxyl groups excluding tert-OH is 1. The van der Waals surface area contributed by atoms with Gasteiger partial charge in [0.15, 0.2) is 0 Å². The second kappa shape index (κ2) is 10.3. The Hall–Kier alpha value is -2.70. The summed E-state index contributed by atoms with van der Waals surface area (Å²) in [5, 5.41) is 10.2. The number of hydrogen-bond donors (Lipinski definition) is 1. The summed E-state index contributed by atoms with van der Waals surface area (Å²) >= 11 is 0. The third-order valence-electron chi connectivity index (χ3n) is 7.47. The number of rotatable bonds is 6. The van der Waals surface area contributed by atoms with E-state index in [1.807, 2.05) is 70.5 Å². The van der Waals surface area contributed by atoms with Crippen molar-refractivity contribution in [3.8, 4) is 0 Å². The second-order valence-corrected chi connectivity index (χ2v) is 10.1. The van der Waals surface area contributed by atoms with E-state index in [0.29, 0.717) is 32.7 Å². The number of piperazine rings is 1. The number of carbonyl (C=O) groups excluding carboxylic acids is 2. The maximum absolute atomic E-state index is 14.2. The SMILES string of the molecule is O=C(C1CC1)N1CCN(C(=O)C(c2ccccc2)c2ccccc2)C(CN2CCCC(O)C2)C1. The summed E-state index contributed by atoms with van der Waals surface area (Å²) in [7, 11) is 0. The molecular weight excluding hydrogens is 426 g/mol. The minimum absolute atomic E-state index is 0.0795. The van der Waals surface area contributed by atoms with Gasteiger partial charge in [-0.15, -0.1) is 0 Å². The summed E-state index contributed by atoms with van der Waals surface area (Å²) in [6, 6.07) is 19.9. The Morgan fingerprint density at radius 2 is 1.50 bits per heavy atom. The van der Waals surface area contributed by atoms with Gasteiger partial charge in [-0.1, -0.05) is 60.7 Å². The van der Waals surface area contributed by atoms with Crippen LogP contribution in [-0.4, -0.2) is 83.0 Å². The maximum atomic E-state index is 14.2. The fourth-order valence-electron chi connectivity index (χ4n) is 5.52. The highest BCUT2D eigenvalue weighted by molar-refractivity contribution is 5.88. The zero-order valence-electron chi connectivity index (χ0n) is 19.8. The molecule has 2 atom stereocenters. The molecule has 180 valence electrons. The third-order valence-corrected chi connectivity index (χ3v) is 7.47. The van der Waals surface area contributed by atoms with E-state index in [0.717, 1.165) is 43.4 Å². The molecule has 2 aromatic carbocycles. The molecule has 1 saturated carbocycles. The molecule has 0 radical (unpaired) electrons. The number of carbonyl (C=O) groups is 2. The van der Waals surface area contributed by atoms with Crippen LogP contribution in [0, 0.1) is 5.92 Å². The molecule has 2 aliphatic heterocycles. The number of hydrogen-bond acceptors (Lipinski definition) is 4. The first-order valence-corrected chi connectivity index (χ1v) is 12.7. The Bertz CT molecular complexity index is 939. The summed E-state index contributed by atoms with van der Waals surface area (Å²) in [6.07, 6.45) is 3.46. The summed E-state index contributed by atoms with van der Waals surface area (Å²) in [4.78, 5) is 33.3. The Morgan fingerprint density at radius 3 is 2.09 bits per heavy atom. The Labute approximate surface area is 202 Å². The predicted octanol–water partition coefficient (Wildman–Crippen LogP) is 2.72. The smallest absolute Gasteiger partial charge is 0.234 e. The van der Waals surface area contributed by atoms with E-state index in [2.05, 4.69) is 4.90 Å². The average molecular weight is 462 g/mol. The molecule has 6 heteroatoms. The molecule has 2 heterocycles. The molecule has 2 aromatic rings. The lowest BCUT2D eigenvalue weighted by Crippen LogP contribution is -2.61. The zero-order valence-corrected chi connectivity index (χ0v) is 19.8. The average Bonchev–Trinajstić information content (AvgIpc) is 3.71. The van der Waals surface area contributed by atoms with Crippen LogP contribution in [0.4, 0.5) is 0 Å². The molecule has 0 aromatic heterocycles. The first-order chi connectivity index (χ1) is 16.6. The topological polar surface area (TPSA) is 64.1 Å². The molecule has 2 saturated heterocycles. The molecule has 34 heavy (non-hydrogen) atoms. The highest BCUT2D eigenvalue weighted by atomic mass is 16.3. The van der Waals surface area contributed by atoms with Crippen LogP contribution in [0.25, 0.3) is 0 Å². The lowest BCUT2D eigenvalue weighted by atomic mass is 9.89. The molecule has 1 N–H and O–H groups in total. The van der Waals surface area contributed by atoms with Gasteiger partial charge < -0.3 is 14.9 Å². The quantitative estimate of drug-likeness (QED) is 0.719. The Balaban J connectivity index is 1.42. The highest BCUT2D eigenvalue weighted by Crippen LogP contribution is 2.33. The summed E-state index contributed by atoms with van der Waals surface area (Å²) < 4.78 is 0. The molecule has 1 aliphatic carbocycles. The fourth-order valence-corrected chi connectivity index (χ4v) is 5.52. The Kier molecular flexibility index (Phi) is 6.97. The van der Waals surface area contributed by atoms with Crippen molar-refractivity contribution in [1.82, 2.24) is 14.7 Å². The van der Waals surface area contributed by atoms with Gasteiger partial charge in [0.05, 0.1) is 18.1 Å². The van der Waals surface area contributed by atoms with Gasteiger partial charge in [0, 0.05) is 38.6 Å². The number of nitrogens with zero attached hydrogens (tertiary/aromatic N) is 3. The van der Waals surface area contributed by atoms with Crippen LogP contribution in [0.3, 0.4) is 0 Å². The number of aliphatic hydroxyl groups is 1. The van der Waals surface area contributed by atoms with E-state index in [1.54, 1.807) is 0 Å². The van der Waals surface area contributed by atoms with Crippen molar-refractivity contribution in [1.29, 1.82) is 0 Å².